The Morgan fingerprint density at radius 2 is 1.93 bits per heavy atom. The van der Waals surface area contributed by atoms with Gasteiger partial charge in [-0.3, -0.25) is 0 Å². The van der Waals surface area contributed by atoms with Crippen molar-refractivity contribution < 1.29 is 19.0 Å². The van der Waals surface area contributed by atoms with Gasteiger partial charge in [0.2, 0.25) is 0 Å². The number of nitrogens with zero attached hydrogens (tertiary/aromatic N) is 2. The van der Waals surface area contributed by atoms with Crippen LogP contribution in [-0.4, -0.2) is 34.7 Å². The molecule has 2 N–H and O–H groups in total. The number of anilines is 2. The van der Waals surface area contributed by atoms with Crippen molar-refractivity contribution in [1.29, 1.82) is 0 Å². The number of alkyl halides is 1. The van der Waals surface area contributed by atoms with Crippen LogP contribution in [0.15, 0.2) is 30.6 Å². The summed E-state index contributed by atoms with van der Waals surface area (Å²) < 4.78 is 25.1. The summed E-state index contributed by atoms with van der Waals surface area (Å²) in [6.07, 6.45) is 1.36. The largest absolute Gasteiger partial charge is 0.508 e. The minimum atomic E-state index is -0.499. The van der Waals surface area contributed by atoms with Crippen molar-refractivity contribution in [3.05, 3.63) is 42.0 Å². The minimum Gasteiger partial charge on any atom is -0.508 e. The van der Waals surface area contributed by atoms with Crippen molar-refractivity contribution in [2.75, 3.05) is 24.9 Å². The van der Waals surface area contributed by atoms with Crippen LogP contribution in [0.4, 0.5) is 15.9 Å². The average Bonchev–Trinajstić information content (AvgIpc) is 2.73. The Morgan fingerprint density at radius 3 is 2.61 bits per heavy atom. The van der Waals surface area contributed by atoms with E-state index in [1.807, 2.05) is 13.8 Å². The topological polar surface area (TPSA) is 76.5 Å². The van der Waals surface area contributed by atoms with Crippen LogP contribution in [0.2, 0.25) is 0 Å². The number of aromatic hydroxyl groups is 1. The highest BCUT2D eigenvalue weighted by Gasteiger charge is 2.15. The molecule has 0 spiro atoms. The zero-order valence-electron chi connectivity index (χ0n) is 16.2. The Balaban J connectivity index is 0.00000136. The first-order chi connectivity index (χ1) is 13.5. The summed E-state index contributed by atoms with van der Waals surface area (Å²) in [5.41, 5.74) is 1.11. The second kappa shape index (κ2) is 9.94. The van der Waals surface area contributed by atoms with E-state index in [-0.39, 0.29) is 11.4 Å². The number of hydrogen-bond donors (Lipinski definition) is 2. The fraction of sp³-hybridized carbons (Fsp3) is 0.300. The molecule has 28 heavy (non-hydrogen) atoms. The van der Waals surface area contributed by atoms with Crippen LogP contribution in [0, 0.1) is 12.7 Å². The van der Waals surface area contributed by atoms with E-state index in [2.05, 4.69) is 15.3 Å². The standard InChI is InChI=1S/C18H17ClFN3O3.C2H6/c1-10-14(24)4-3-12(20)17(10)23-18-11-7-15(25-2)16(26-6-5-19)8-13(11)21-9-22-18;1-2/h3-4,7-9,24H,5-6H2,1-2H3,(H,21,22,23);1-2H3. The number of hydrogen-bond acceptors (Lipinski definition) is 6. The third-order valence-corrected chi connectivity index (χ3v) is 4.04. The zero-order chi connectivity index (χ0) is 20.7. The van der Waals surface area contributed by atoms with E-state index >= 15 is 0 Å². The van der Waals surface area contributed by atoms with Crippen LogP contribution in [0.1, 0.15) is 19.4 Å². The summed E-state index contributed by atoms with van der Waals surface area (Å²) in [5.74, 6) is 1.19. The Morgan fingerprint density at radius 1 is 1.18 bits per heavy atom. The SMILES string of the molecule is CC.COc1cc2c(Nc3c(F)ccc(O)c3C)ncnc2cc1OCCCl. The molecule has 3 aromatic rings. The van der Waals surface area contributed by atoms with Gasteiger partial charge in [-0.25, -0.2) is 14.4 Å². The molecule has 6 nitrogen and oxygen atoms in total. The number of phenols is 1. The number of aromatic nitrogens is 2. The maximum Gasteiger partial charge on any atom is 0.163 e. The van der Waals surface area contributed by atoms with Crippen LogP contribution >= 0.6 is 11.6 Å². The Kier molecular flexibility index (Phi) is 7.63. The Labute approximate surface area is 168 Å². The van der Waals surface area contributed by atoms with Crippen molar-refractivity contribution in [2.24, 2.45) is 0 Å². The summed E-state index contributed by atoms with van der Waals surface area (Å²) in [4.78, 5) is 8.42. The third kappa shape index (κ3) is 4.54. The molecule has 0 saturated carbocycles. The highest BCUT2D eigenvalue weighted by molar-refractivity contribution is 6.18. The van der Waals surface area contributed by atoms with Crippen LogP contribution in [0.5, 0.6) is 17.2 Å². The van der Waals surface area contributed by atoms with Gasteiger partial charge in [0.05, 0.1) is 24.2 Å². The van der Waals surface area contributed by atoms with Gasteiger partial charge in [0.1, 0.15) is 30.3 Å². The Bertz CT molecular complexity index is 954. The lowest BCUT2D eigenvalue weighted by Gasteiger charge is -2.15. The van der Waals surface area contributed by atoms with E-state index in [1.54, 1.807) is 19.1 Å². The first-order valence-corrected chi connectivity index (χ1v) is 9.35. The molecule has 8 heteroatoms. The predicted molar refractivity (Wildman–Crippen MR) is 110 cm³/mol. The molecule has 3 rings (SSSR count). The Hall–Kier alpha value is -2.80. The van der Waals surface area contributed by atoms with Gasteiger partial charge in [0, 0.05) is 17.0 Å². The lowest BCUT2D eigenvalue weighted by atomic mass is 10.1. The molecule has 0 saturated heterocycles. The minimum absolute atomic E-state index is 0.0124. The van der Waals surface area contributed by atoms with Crippen molar-refractivity contribution in [2.45, 2.75) is 20.8 Å². The maximum absolute atomic E-state index is 14.2. The summed E-state index contributed by atoms with van der Waals surface area (Å²) in [6, 6.07) is 5.90. The van der Waals surface area contributed by atoms with E-state index < -0.39 is 5.82 Å². The highest BCUT2D eigenvalue weighted by Crippen LogP contribution is 2.36. The fourth-order valence-electron chi connectivity index (χ4n) is 2.52. The fourth-order valence-corrected chi connectivity index (χ4v) is 2.60. The van der Waals surface area contributed by atoms with Gasteiger partial charge in [-0.1, -0.05) is 13.8 Å². The van der Waals surface area contributed by atoms with E-state index in [0.29, 0.717) is 46.3 Å². The molecule has 150 valence electrons. The van der Waals surface area contributed by atoms with Gasteiger partial charge in [0.25, 0.3) is 0 Å². The number of methoxy groups -OCH3 is 1. The first kappa shape index (κ1) is 21.5. The molecule has 0 unspecified atom stereocenters. The third-order valence-electron chi connectivity index (χ3n) is 3.88. The molecule has 2 aromatic carbocycles. The lowest BCUT2D eigenvalue weighted by Crippen LogP contribution is -2.03. The molecule has 0 fully saturated rings. The van der Waals surface area contributed by atoms with Gasteiger partial charge >= 0.3 is 0 Å². The van der Waals surface area contributed by atoms with Gasteiger partial charge in [-0.15, -0.1) is 11.6 Å². The van der Waals surface area contributed by atoms with Crippen molar-refractivity contribution in [3.63, 3.8) is 0 Å². The molecule has 0 amide bonds. The van der Waals surface area contributed by atoms with Gasteiger partial charge in [-0.2, -0.15) is 0 Å². The van der Waals surface area contributed by atoms with Crippen LogP contribution in [-0.2, 0) is 0 Å². The molecule has 1 aromatic heterocycles. The highest BCUT2D eigenvalue weighted by atomic mass is 35.5. The first-order valence-electron chi connectivity index (χ1n) is 8.81. The van der Waals surface area contributed by atoms with Crippen molar-refractivity contribution in [1.82, 2.24) is 9.97 Å². The molecule has 1 heterocycles. The number of benzene rings is 2. The molecule has 0 aliphatic rings. The van der Waals surface area contributed by atoms with Crippen molar-refractivity contribution in [3.8, 4) is 17.2 Å². The maximum atomic E-state index is 14.2. The summed E-state index contributed by atoms with van der Waals surface area (Å²) in [7, 11) is 1.52. The molecule has 0 bridgehead atoms. The van der Waals surface area contributed by atoms with Gasteiger partial charge < -0.3 is 19.9 Å². The second-order valence-electron chi connectivity index (χ2n) is 5.47. The summed E-state index contributed by atoms with van der Waals surface area (Å²) in [5, 5.41) is 13.4. The molecule has 0 atom stereocenters. The van der Waals surface area contributed by atoms with E-state index in [9.17, 15) is 9.50 Å². The van der Waals surface area contributed by atoms with Crippen LogP contribution < -0.4 is 14.8 Å². The number of phenolic OH excluding ortho intramolecular Hbond substituents is 1. The number of ether oxygens (including phenoxy) is 2. The van der Waals surface area contributed by atoms with E-state index in [0.717, 1.165) is 0 Å². The van der Waals surface area contributed by atoms with Crippen molar-refractivity contribution >= 4 is 34.0 Å². The number of rotatable bonds is 6. The normalized spacial score (nSPS) is 10.2. The number of nitrogens with one attached hydrogen (secondary N) is 1. The second-order valence-corrected chi connectivity index (χ2v) is 5.85. The molecule has 0 aliphatic heterocycles. The number of halogens is 2. The van der Waals surface area contributed by atoms with E-state index in [4.69, 9.17) is 21.1 Å². The lowest BCUT2D eigenvalue weighted by molar-refractivity contribution is 0.313. The molecule has 0 aliphatic carbocycles. The van der Waals surface area contributed by atoms with Crippen LogP contribution in [0.3, 0.4) is 0 Å². The van der Waals surface area contributed by atoms with Crippen LogP contribution in [0.25, 0.3) is 10.9 Å². The van der Waals surface area contributed by atoms with Gasteiger partial charge in [0.15, 0.2) is 11.5 Å². The quantitative estimate of drug-likeness (QED) is 0.548. The molecular formula is C20H23ClFN3O3. The zero-order valence-corrected chi connectivity index (χ0v) is 17.0. The smallest absolute Gasteiger partial charge is 0.163 e. The summed E-state index contributed by atoms with van der Waals surface area (Å²) >= 11 is 5.67. The average molecular weight is 408 g/mol. The number of fused-ring (bicyclic) bond motifs is 1. The molecular weight excluding hydrogens is 385 g/mol. The van der Waals surface area contributed by atoms with Gasteiger partial charge in [-0.05, 0) is 25.1 Å². The predicted octanol–water partition coefficient (Wildman–Crippen LogP) is 5.18. The molecule has 0 radical (unpaired) electrons. The van der Waals surface area contributed by atoms with E-state index in [1.165, 1.54) is 25.6 Å². The summed E-state index contributed by atoms with van der Waals surface area (Å²) in [6.45, 7) is 5.94. The monoisotopic (exact) mass is 407 g/mol.